The van der Waals surface area contributed by atoms with E-state index in [9.17, 15) is 18.0 Å². The molecule has 2 heterocycles. The number of thioether (sulfide) groups is 1. The van der Waals surface area contributed by atoms with Gasteiger partial charge in [0.15, 0.2) is 5.58 Å². The number of carbonyl (C=O) groups is 1. The first-order chi connectivity index (χ1) is 16.7. The zero-order valence-electron chi connectivity index (χ0n) is 18.3. The van der Waals surface area contributed by atoms with Gasteiger partial charge in [0.25, 0.3) is 0 Å². The van der Waals surface area contributed by atoms with Crippen molar-refractivity contribution in [2.75, 3.05) is 0 Å². The van der Waals surface area contributed by atoms with Crippen molar-refractivity contribution in [3.8, 4) is 11.5 Å². The molecule has 5 rings (SSSR count). The topological polar surface area (TPSA) is 63.3 Å². The molecule has 0 radical (unpaired) electrons. The molecule has 0 saturated heterocycles. The number of carboxylic acid groups (broad SMARTS) is 1. The Labute approximate surface area is 206 Å². The molecule has 3 aromatic carbocycles. The normalized spacial score (nSPS) is 12.9. The van der Waals surface area contributed by atoms with Gasteiger partial charge in [0.1, 0.15) is 5.52 Å². The van der Waals surface area contributed by atoms with Crippen molar-refractivity contribution in [1.82, 2.24) is 4.98 Å². The van der Waals surface area contributed by atoms with Crippen LogP contribution in [0.2, 0.25) is 0 Å². The third-order valence-electron chi connectivity index (χ3n) is 5.62. The van der Waals surface area contributed by atoms with Crippen LogP contribution in [0.25, 0.3) is 32.6 Å². The maximum absolute atomic E-state index is 12.9. The number of para-hydroxylation sites is 1. The Morgan fingerprint density at radius 3 is 2.63 bits per heavy atom. The Balaban J connectivity index is 1.42. The molecule has 0 aliphatic rings. The van der Waals surface area contributed by atoms with Crippen LogP contribution in [0.5, 0.6) is 0 Å². The summed E-state index contributed by atoms with van der Waals surface area (Å²) in [4.78, 5) is 16.6. The number of rotatable bonds is 6. The van der Waals surface area contributed by atoms with Crippen molar-refractivity contribution < 1.29 is 27.5 Å². The smallest absolute Gasteiger partial charge is 0.416 e. The molecule has 0 bridgehead atoms. The van der Waals surface area contributed by atoms with E-state index in [0.29, 0.717) is 16.7 Å². The van der Waals surface area contributed by atoms with Crippen LogP contribution in [0, 0.1) is 0 Å². The van der Waals surface area contributed by atoms with Crippen LogP contribution in [0.3, 0.4) is 0 Å². The summed E-state index contributed by atoms with van der Waals surface area (Å²) in [5.74, 6) is -0.586. The Morgan fingerprint density at radius 1 is 1.14 bits per heavy atom. The van der Waals surface area contributed by atoms with Crippen LogP contribution in [0.15, 0.2) is 75.4 Å². The number of carboxylic acids is 1. The van der Waals surface area contributed by atoms with E-state index < -0.39 is 17.7 Å². The van der Waals surface area contributed by atoms with Crippen LogP contribution >= 0.6 is 23.1 Å². The van der Waals surface area contributed by atoms with Gasteiger partial charge in [-0.25, -0.2) is 4.98 Å². The molecule has 35 heavy (non-hydrogen) atoms. The highest BCUT2D eigenvalue weighted by Crippen LogP contribution is 2.41. The molecule has 1 atom stereocenters. The van der Waals surface area contributed by atoms with Gasteiger partial charge in [-0.2, -0.15) is 13.2 Å². The van der Waals surface area contributed by atoms with E-state index in [0.717, 1.165) is 38.2 Å². The zero-order chi connectivity index (χ0) is 24.7. The zero-order valence-corrected chi connectivity index (χ0v) is 19.9. The minimum Gasteiger partial charge on any atom is -0.481 e. The molecule has 0 amide bonds. The lowest BCUT2D eigenvalue weighted by Gasteiger charge is -2.12. The van der Waals surface area contributed by atoms with Gasteiger partial charge >= 0.3 is 12.1 Å². The molecule has 9 heteroatoms. The maximum atomic E-state index is 12.9. The SMILES string of the molecule is CC(Sc1ccc2c(CC(=O)O)csc2c1)c1cccc2nc(-c3ccc(C(F)(F)F)cc3)oc12. The third-order valence-corrected chi connectivity index (χ3v) is 7.75. The molecule has 0 aliphatic heterocycles. The highest BCUT2D eigenvalue weighted by molar-refractivity contribution is 7.99. The molecule has 1 N–H and O–H groups in total. The molecule has 4 nitrogen and oxygen atoms in total. The van der Waals surface area contributed by atoms with Gasteiger partial charge in [0.05, 0.1) is 12.0 Å². The molecule has 2 aromatic heterocycles. The van der Waals surface area contributed by atoms with Gasteiger partial charge < -0.3 is 9.52 Å². The van der Waals surface area contributed by atoms with Gasteiger partial charge in [-0.3, -0.25) is 4.79 Å². The minimum atomic E-state index is -4.40. The molecule has 0 spiro atoms. The minimum absolute atomic E-state index is 0.00233. The van der Waals surface area contributed by atoms with Crippen molar-refractivity contribution in [3.05, 3.63) is 82.7 Å². The molecular weight excluding hydrogens is 495 g/mol. The molecule has 0 aliphatic carbocycles. The lowest BCUT2D eigenvalue weighted by atomic mass is 10.1. The van der Waals surface area contributed by atoms with E-state index in [1.807, 2.05) is 42.6 Å². The number of aliphatic carboxylic acids is 1. The second kappa shape index (κ2) is 9.05. The van der Waals surface area contributed by atoms with Crippen molar-refractivity contribution in [2.45, 2.75) is 29.7 Å². The number of benzene rings is 3. The lowest BCUT2D eigenvalue weighted by Crippen LogP contribution is -2.03. The number of aromatic nitrogens is 1. The first-order valence-corrected chi connectivity index (χ1v) is 12.4. The summed E-state index contributed by atoms with van der Waals surface area (Å²) in [6.45, 7) is 2.05. The molecule has 5 aromatic rings. The summed E-state index contributed by atoms with van der Waals surface area (Å²) in [5.41, 5.74) is 2.72. The number of hydrogen-bond acceptors (Lipinski definition) is 5. The Morgan fingerprint density at radius 2 is 1.91 bits per heavy atom. The van der Waals surface area contributed by atoms with Crippen LogP contribution in [-0.4, -0.2) is 16.1 Å². The fourth-order valence-electron chi connectivity index (χ4n) is 3.92. The monoisotopic (exact) mass is 513 g/mol. The molecule has 1 unspecified atom stereocenters. The fourth-order valence-corrected chi connectivity index (χ4v) is 6.05. The van der Waals surface area contributed by atoms with Crippen LogP contribution in [0.4, 0.5) is 13.2 Å². The summed E-state index contributed by atoms with van der Waals surface area (Å²) >= 11 is 3.16. The van der Waals surface area contributed by atoms with E-state index in [2.05, 4.69) is 11.1 Å². The van der Waals surface area contributed by atoms with Gasteiger partial charge in [0.2, 0.25) is 5.89 Å². The van der Waals surface area contributed by atoms with Gasteiger partial charge in [-0.1, -0.05) is 18.2 Å². The number of hydrogen-bond donors (Lipinski definition) is 1. The highest BCUT2D eigenvalue weighted by atomic mass is 32.2. The summed E-state index contributed by atoms with van der Waals surface area (Å²) in [6, 6.07) is 16.4. The first-order valence-electron chi connectivity index (χ1n) is 10.6. The Bertz CT molecular complexity index is 1540. The van der Waals surface area contributed by atoms with E-state index in [-0.39, 0.29) is 17.6 Å². The highest BCUT2D eigenvalue weighted by Gasteiger charge is 2.30. The van der Waals surface area contributed by atoms with Gasteiger partial charge in [0, 0.05) is 26.0 Å². The van der Waals surface area contributed by atoms with E-state index in [1.165, 1.54) is 23.5 Å². The number of thiophene rings is 1. The molecular formula is C26H18F3NO3S2. The van der Waals surface area contributed by atoms with Crippen LogP contribution in [0.1, 0.15) is 28.9 Å². The molecule has 0 fully saturated rings. The van der Waals surface area contributed by atoms with Gasteiger partial charge in [-0.15, -0.1) is 23.1 Å². The number of nitrogens with zero attached hydrogens (tertiary/aromatic N) is 1. The standard InChI is InChI=1S/C26H18F3NO3S2/c1-14(35-18-9-10-20-16(11-23(31)32)13-34-22(20)12-18)19-3-2-4-21-24(19)33-25(30-21)15-5-7-17(8-6-15)26(27,28)29/h2-10,12-14H,11H2,1H3,(H,31,32). The largest absolute Gasteiger partial charge is 0.481 e. The summed E-state index contributed by atoms with van der Waals surface area (Å²) in [5, 5.41) is 11.9. The second-order valence-electron chi connectivity index (χ2n) is 8.04. The van der Waals surface area contributed by atoms with Crippen molar-refractivity contribution >= 4 is 50.3 Å². The van der Waals surface area contributed by atoms with Crippen LogP contribution in [-0.2, 0) is 17.4 Å². The van der Waals surface area contributed by atoms with E-state index >= 15 is 0 Å². The lowest BCUT2D eigenvalue weighted by molar-refractivity contribution is -0.138. The fraction of sp³-hybridized carbons (Fsp3) is 0.154. The van der Waals surface area contributed by atoms with Crippen molar-refractivity contribution in [3.63, 3.8) is 0 Å². The average molecular weight is 514 g/mol. The maximum Gasteiger partial charge on any atom is 0.416 e. The average Bonchev–Trinajstić information content (AvgIpc) is 3.42. The van der Waals surface area contributed by atoms with E-state index in [4.69, 9.17) is 9.52 Å². The number of alkyl halides is 3. The van der Waals surface area contributed by atoms with Crippen LogP contribution < -0.4 is 0 Å². The third kappa shape index (κ3) is 4.78. The number of oxazole rings is 1. The Hall–Kier alpha value is -3.30. The second-order valence-corrected chi connectivity index (χ2v) is 10.4. The van der Waals surface area contributed by atoms with E-state index in [1.54, 1.807) is 11.8 Å². The Kier molecular flexibility index (Phi) is 6.06. The van der Waals surface area contributed by atoms with Crippen molar-refractivity contribution in [2.24, 2.45) is 0 Å². The first kappa shape index (κ1) is 23.4. The summed E-state index contributed by atoms with van der Waals surface area (Å²) in [7, 11) is 0. The molecule has 0 saturated carbocycles. The summed E-state index contributed by atoms with van der Waals surface area (Å²) in [6.07, 6.45) is -4.40. The predicted octanol–water partition coefficient (Wildman–Crippen LogP) is 8.21. The summed E-state index contributed by atoms with van der Waals surface area (Å²) < 4.78 is 45.7. The van der Waals surface area contributed by atoms with Crippen molar-refractivity contribution in [1.29, 1.82) is 0 Å². The van der Waals surface area contributed by atoms with Gasteiger partial charge in [-0.05, 0) is 65.7 Å². The molecule has 178 valence electrons. The predicted molar refractivity (Wildman–Crippen MR) is 132 cm³/mol. The number of halogens is 3. The number of fused-ring (bicyclic) bond motifs is 2. The quantitative estimate of drug-likeness (QED) is 0.232.